The van der Waals surface area contributed by atoms with E-state index < -0.39 is 0 Å². The van der Waals surface area contributed by atoms with Crippen molar-refractivity contribution in [2.75, 3.05) is 46.8 Å². The van der Waals surface area contributed by atoms with Crippen molar-refractivity contribution >= 4 is 5.97 Å². The Morgan fingerprint density at radius 3 is 1.90 bits per heavy atom. The molecule has 2 heterocycles. The highest BCUT2D eigenvalue weighted by Crippen LogP contribution is 2.38. The highest BCUT2D eigenvalue weighted by molar-refractivity contribution is 5.72. The van der Waals surface area contributed by atoms with Crippen molar-refractivity contribution in [1.29, 1.82) is 0 Å². The standard InChI is InChI=1S/C25H30O6/c1-3-30-23(26)14-25(17-29-18-25)20-6-10-22(11-7-20)31-13-12-24(15-28-16-24)19-4-8-21(27-2)9-5-19/h4-11H,3,12-18H2,1-2H3. The van der Waals surface area contributed by atoms with E-state index in [1.807, 2.05) is 43.3 Å². The summed E-state index contributed by atoms with van der Waals surface area (Å²) in [4.78, 5) is 12.0. The van der Waals surface area contributed by atoms with Crippen molar-refractivity contribution in [1.82, 2.24) is 0 Å². The molecular formula is C25H30O6. The summed E-state index contributed by atoms with van der Waals surface area (Å²) in [6.45, 7) is 5.31. The normalized spacial score (nSPS) is 18.4. The summed E-state index contributed by atoms with van der Waals surface area (Å²) in [5.74, 6) is 1.49. The van der Waals surface area contributed by atoms with Crippen LogP contribution in [0.25, 0.3) is 0 Å². The lowest BCUT2D eigenvalue weighted by Crippen LogP contribution is -2.48. The van der Waals surface area contributed by atoms with Gasteiger partial charge in [0.05, 0.1) is 58.6 Å². The molecule has 2 fully saturated rings. The number of esters is 1. The highest BCUT2D eigenvalue weighted by Gasteiger charge is 2.43. The molecule has 0 radical (unpaired) electrons. The van der Waals surface area contributed by atoms with Gasteiger partial charge in [0.2, 0.25) is 0 Å². The van der Waals surface area contributed by atoms with Crippen LogP contribution in [0.5, 0.6) is 11.5 Å². The summed E-state index contributed by atoms with van der Waals surface area (Å²) < 4.78 is 27.4. The fourth-order valence-corrected chi connectivity index (χ4v) is 4.22. The minimum Gasteiger partial charge on any atom is -0.497 e. The minimum atomic E-state index is -0.285. The van der Waals surface area contributed by atoms with Crippen LogP contribution in [0.2, 0.25) is 0 Å². The van der Waals surface area contributed by atoms with E-state index >= 15 is 0 Å². The van der Waals surface area contributed by atoms with Gasteiger partial charge in [-0.25, -0.2) is 0 Å². The van der Waals surface area contributed by atoms with Gasteiger partial charge in [0.25, 0.3) is 0 Å². The Hall–Kier alpha value is -2.57. The van der Waals surface area contributed by atoms with Crippen LogP contribution in [-0.2, 0) is 29.8 Å². The Labute approximate surface area is 183 Å². The van der Waals surface area contributed by atoms with Crippen molar-refractivity contribution in [3.05, 3.63) is 59.7 Å². The van der Waals surface area contributed by atoms with Crippen LogP contribution in [0.15, 0.2) is 48.5 Å². The summed E-state index contributed by atoms with van der Waals surface area (Å²) in [6, 6.07) is 16.2. The summed E-state index contributed by atoms with van der Waals surface area (Å²) in [7, 11) is 1.67. The molecule has 0 unspecified atom stereocenters. The van der Waals surface area contributed by atoms with Crippen molar-refractivity contribution in [3.63, 3.8) is 0 Å². The third-order valence-electron chi connectivity index (χ3n) is 6.32. The molecule has 0 saturated carbocycles. The number of rotatable bonds is 10. The lowest BCUT2D eigenvalue weighted by molar-refractivity contribution is -0.151. The average molecular weight is 427 g/mol. The predicted octanol–water partition coefficient (Wildman–Crippen LogP) is 3.65. The molecule has 6 nitrogen and oxygen atoms in total. The molecule has 6 heteroatoms. The van der Waals surface area contributed by atoms with Crippen molar-refractivity contribution < 1.29 is 28.5 Å². The van der Waals surface area contributed by atoms with Crippen LogP contribution in [-0.4, -0.2) is 52.7 Å². The van der Waals surface area contributed by atoms with E-state index in [0.717, 1.165) is 23.5 Å². The van der Waals surface area contributed by atoms with Crippen molar-refractivity contribution in [2.45, 2.75) is 30.6 Å². The Bertz CT molecular complexity index is 866. The van der Waals surface area contributed by atoms with Crippen molar-refractivity contribution in [2.24, 2.45) is 0 Å². The molecule has 2 aromatic rings. The summed E-state index contributed by atoms with van der Waals surface area (Å²) in [6.07, 6.45) is 1.22. The SMILES string of the molecule is CCOC(=O)CC1(c2ccc(OCCC3(c4ccc(OC)cc4)COC3)cc2)COC1. The second kappa shape index (κ2) is 9.28. The maximum absolute atomic E-state index is 12.0. The van der Waals surface area contributed by atoms with Gasteiger partial charge < -0.3 is 23.7 Å². The topological polar surface area (TPSA) is 63.2 Å². The number of hydrogen-bond acceptors (Lipinski definition) is 6. The fraction of sp³-hybridized carbons (Fsp3) is 0.480. The Kier molecular flexibility index (Phi) is 6.49. The lowest BCUT2D eigenvalue weighted by Gasteiger charge is -2.42. The van der Waals surface area contributed by atoms with Gasteiger partial charge >= 0.3 is 5.97 Å². The Morgan fingerprint density at radius 2 is 1.42 bits per heavy atom. The molecule has 166 valence electrons. The monoisotopic (exact) mass is 426 g/mol. The van der Waals surface area contributed by atoms with Gasteiger partial charge in [-0.3, -0.25) is 4.79 Å². The molecular weight excluding hydrogens is 396 g/mol. The highest BCUT2D eigenvalue weighted by atomic mass is 16.5. The van der Waals surface area contributed by atoms with Crippen LogP contribution in [0.1, 0.15) is 30.9 Å². The van der Waals surface area contributed by atoms with Crippen LogP contribution in [0.4, 0.5) is 0 Å². The fourth-order valence-electron chi connectivity index (χ4n) is 4.22. The number of benzene rings is 2. The number of carbonyl (C=O) groups excluding carboxylic acids is 1. The number of methoxy groups -OCH3 is 1. The van der Waals surface area contributed by atoms with Gasteiger partial charge in [0.15, 0.2) is 0 Å². The Balaban J connectivity index is 1.34. The van der Waals surface area contributed by atoms with E-state index in [0.29, 0.717) is 46.1 Å². The van der Waals surface area contributed by atoms with Crippen LogP contribution < -0.4 is 9.47 Å². The summed E-state index contributed by atoms with van der Waals surface area (Å²) in [5.41, 5.74) is 2.05. The molecule has 0 aromatic heterocycles. The number of carbonyl (C=O) groups is 1. The van der Waals surface area contributed by atoms with Gasteiger partial charge in [-0.15, -0.1) is 0 Å². The van der Waals surface area contributed by atoms with Gasteiger partial charge in [0, 0.05) is 5.41 Å². The van der Waals surface area contributed by atoms with Crippen molar-refractivity contribution in [3.8, 4) is 11.5 Å². The largest absolute Gasteiger partial charge is 0.497 e. The first-order chi connectivity index (χ1) is 15.1. The molecule has 0 N–H and O–H groups in total. The van der Waals surface area contributed by atoms with E-state index in [9.17, 15) is 4.79 Å². The number of ether oxygens (including phenoxy) is 5. The summed E-state index contributed by atoms with van der Waals surface area (Å²) in [5, 5.41) is 0. The molecule has 0 spiro atoms. The molecule has 2 aliphatic heterocycles. The van der Waals surface area contributed by atoms with Crippen LogP contribution >= 0.6 is 0 Å². The molecule has 31 heavy (non-hydrogen) atoms. The number of hydrogen-bond donors (Lipinski definition) is 0. The average Bonchev–Trinajstić information content (AvgIpc) is 2.74. The molecule has 2 aromatic carbocycles. The maximum atomic E-state index is 12.0. The first-order valence-corrected chi connectivity index (χ1v) is 10.8. The third kappa shape index (κ3) is 4.55. The zero-order valence-corrected chi connectivity index (χ0v) is 18.2. The van der Waals surface area contributed by atoms with E-state index in [1.165, 1.54) is 5.56 Å². The van der Waals surface area contributed by atoms with Gasteiger partial charge in [-0.2, -0.15) is 0 Å². The first kappa shape index (κ1) is 21.7. The van der Waals surface area contributed by atoms with E-state index in [4.69, 9.17) is 23.7 Å². The molecule has 0 aliphatic carbocycles. The maximum Gasteiger partial charge on any atom is 0.306 e. The van der Waals surface area contributed by atoms with Crippen LogP contribution in [0.3, 0.4) is 0 Å². The molecule has 0 bridgehead atoms. The molecule has 2 saturated heterocycles. The lowest BCUT2D eigenvalue weighted by atomic mass is 9.76. The molecule has 2 aliphatic rings. The zero-order valence-electron chi connectivity index (χ0n) is 18.2. The van der Waals surface area contributed by atoms with E-state index in [-0.39, 0.29) is 16.8 Å². The zero-order chi connectivity index (χ0) is 21.7. The minimum absolute atomic E-state index is 0.000815. The first-order valence-electron chi connectivity index (χ1n) is 10.8. The second-order valence-corrected chi connectivity index (χ2v) is 8.38. The molecule has 0 amide bonds. The van der Waals surface area contributed by atoms with E-state index in [1.54, 1.807) is 7.11 Å². The predicted molar refractivity (Wildman–Crippen MR) is 116 cm³/mol. The second-order valence-electron chi connectivity index (χ2n) is 8.38. The molecule has 4 rings (SSSR count). The van der Waals surface area contributed by atoms with Gasteiger partial charge in [-0.05, 0) is 48.7 Å². The molecule has 0 atom stereocenters. The van der Waals surface area contributed by atoms with E-state index in [2.05, 4.69) is 12.1 Å². The summed E-state index contributed by atoms with van der Waals surface area (Å²) >= 11 is 0. The Morgan fingerprint density at radius 1 is 0.871 bits per heavy atom. The van der Waals surface area contributed by atoms with Gasteiger partial charge in [0.1, 0.15) is 11.5 Å². The smallest absolute Gasteiger partial charge is 0.306 e. The third-order valence-corrected chi connectivity index (χ3v) is 6.32. The quantitative estimate of drug-likeness (QED) is 0.541. The van der Waals surface area contributed by atoms with Gasteiger partial charge in [-0.1, -0.05) is 24.3 Å². The van der Waals surface area contributed by atoms with Crippen LogP contribution in [0, 0.1) is 0 Å².